The number of aryl methyl sites for hydroxylation is 1. The van der Waals surface area contributed by atoms with Gasteiger partial charge in [0, 0.05) is 18.5 Å². The van der Waals surface area contributed by atoms with Gasteiger partial charge in [-0.3, -0.25) is 9.59 Å². The Hall–Kier alpha value is -4.05. The van der Waals surface area contributed by atoms with Crippen LogP contribution in [0, 0.1) is 18.6 Å². The largest absolute Gasteiger partial charge is 0.497 e. The second kappa shape index (κ2) is 10.7. The third-order valence-corrected chi connectivity index (χ3v) is 7.48. The summed E-state index contributed by atoms with van der Waals surface area (Å²) in [6.07, 6.45) is 0.381. The lowest BCUT2D eigenvalue weighted by Crippen LogP contribution is -2.25. The van der Waals surface area contributed by atoms with E-state index in [-0.39, 0.29) is 18.3 Å². The van der Waals surface area contributed by atoms with E-state index in [1.807, 2.05) is 24.3 Å². The topological polar surface area (TPSA) is 83.4 Å². The lowest BCUT2D eigenvalue weighted by Gasteiger charge is -2.23. The highest BCUT2D eigenvalue weighted by atomic mass is 32.2. The zero-order valence-corrected chi connectivity index (χ0v) is 21.5. The van der Waals surface area contributed by atoms with Gasteiger partial charge in [-0.15, -0.1) is 0 Å². The van der Waals surface area contributed by atoms with Crippen molar-refractivity contribution in [3.8, 4) is 5.75 Å². The average Bonchev–Trinajstić information content (AvgIpc) is 3.51. The van der Waals surface area contributed by atoms with E-state index in [1.54, 1.807) is 43.3 Å². The van der Waals surface area contributed by atoms with Crippen LogP contribution in [0.25, 0.3) is 0 Å². The van der Waals surface area contributed by atoms with Gasteiger partial charge in [0.1, 0.15) is 22.6 Å². The number of rotatable bonds is 6. The SMILES string of the molecule is COc1ccc(C2=NN(C3=NC(=O)[C@H](CC(=O)Nc4ccc(C)c(F)c4)S3)[C@H](c3ccc(F)cc3)C2)cc1. The number of hydrogen-bond donors (Lipinski definition) is 1. The fourth-order valence-corrected chi connectivity index (χ4v) is 5.31. The van der Waals surface area contributed by atoms with Crippen molar-refractivity contribution in [2.45, 2.75) is 31.1 Å². The summed E-state index contributed by atoms with van der Waals surface area (Å²) in [5.74, 6) is -0.922. The average molecular weight is 535 g/mol. The predicted octanol–water partition coefficient (Wildman–Crippen LogP) is 5.46. The molecule has 0 radical (unpaired) electrons. The van der Waals surface area contributed by atoms with Crippen LogP contribution in [0.2, 0.25) is 0 Å². The van der Waals surface area contributed by atoms with Crippen molar-refractivity contribution >= 4 is 40.1 Å². The summed E-state index contributed by atoms with van der Waals surface area (Å²) in [5.41, 5.74) is 3.27. The molecular weight excluding hydrogens is 510 g/mol. The number of halogens is 2. The molecule has 0 spiro atoms. The van der Waals surface area contributed by atoms with Gasteiger partial charge < -0.3 is 10.1 Å². The number of nitrogens with one attached hydrogen (secondary N) is 1. The second-order valence-corrected chi connectivity index (χ2v) is 10.1. The van der Waals surface area contributed by atoms with Gasteiger partial charge in [-0.1, -0.05) is 30.0 Å². The number of benzene rings is 3. The van der Waals surface area contributed by atoms with E-state index in [1.165, 1.54) is 18.2 Å². The lowest BCUT2D eigenvalue weighted by atomic mass is 9.98. The van der Waals surface area contributed by atoms with Crippen LogP contribution in [-0.4, -0.2) is 40.1 Å². The molecule has 38 heavy (non-hydrogen) atoms. The Morgan fingerprint density at radius 1 is 1.11 bits per heavy atom. The number of nitrogens with zero attached hydrogens (tertiary/aromatic N) is 3. The Kier molecular flexibility index (Phi) is 7.24. The van der Waals surface area contributed by atoms with Crippen molar-refractivity contribution in [1.29, 1.82) is 0 Å². The second-order valence-electron chi connectivity index (χ2n) is 8.95. The number of amidine groups is 1. The molecule has 1 N–H and O–H groups in total. The van der Waals surface area contributed by atoms with Crippen LogP contribution in [-0.2, 0) is 9.59 Å². The summed E-state index contributed by atoms with van der Waals surface area (Å²) < 4.78 is 32.7. The molecule has 2 heterocycles. The number of hydrogen-bond acceptors (Lipinski definition) is 6. The molecule has 2 atom stereocenters. The van der Waals surface area contributed by atoms with Gasteiger partial charge >= 0.3 is 0 Å². The molecule has 194 valence electrons. The molecule has 0 fully saturated rings. The standard InChI is InChI=1S/C28H24F2N4O3S/c1-16-3-10-20(13-22(16)30)31-26(35)15-25-27(36)32-28(38-25)34-24(18-4-8-19(29)9-5-18)14-23(33-34)17-6-11-21(37-2)12-7-17/h3-13,24-25H,14-15H2,1-2H3,(H,31,35)/t24-,25-/m0/s1. The Bertz CT molecular complexity index is 1440. The molecule has 0 bridgehead atoms. The van der Waals surface area contributed by atoms with Crippen LogP contribution in [0.3, 0.4) is 0 Å². The van der Waals surface area contributed by atoms with Gasteiger partial charge in [-0.2, -0.15) is 10.1 Å². The molecule has 7 nitrogen and oxygen atoms in total. The molecular formula is C28H24F2N4O3S. The number of ether oxygens (including phenoxy) is 1. The van der Waals surface area contributed by atoms with E-state index in [2.05, 4.69) is 10.3 Å². The molecule has 0 aromatic heterocycles. The normalized spacial score (nSPS) is 18.8. The van der Waals surface area contributed by atoms with Gasteiger partial charge in [0.05, 0.1) is 18.9 Å². The number of anilines is 1. The first-order chi connectivity index (χ1) is 18.3. The fourth-order valence-electron chi connectivity index (χ4n) is 4.24. The lowest BCUT2D eigenvalue weighted by molar-refractivity contribution is -0.121. The molecule has 3 aromatic carbocycles. The molecule has 0 saturated heterocycles. The molecule has 2 aliphatic heterocycles. The van der Waals surface area contributed by atoms with Crippen LogP contribution >= 0.6 is 11.8 Å². The third kappa shape index (κ3) is 5.45. The van der Waals surface area contributed by atoms with E-state index in [9.17, 15) is 18.4 Å². The maximum atomic E-state index is 13.8. The zero-order valence-electron chi connectivity index (χ0n) is 20.7. The first-order valence-corrected chi connectivity index (χ1v) is 12.8. The third-order valence-electron chi connectivity index (χ3n) is 6.34. The number of methoxy groups -OCH3 is 1. The van der Waals surface area contributed by atoms with Crippen LogP contribution in [0.5, 0.6) is 5.75 Å². The maximum Gasteiger partial charge on any atom is 0.262 e. The number of carbonyl (C=O) groups is 2. The minimum atomic E-state index is -0.741. The summed E-state index contributed by atoms with van der Waals surface area (Å²) >= 11 is 1.16. The van der Waals surface area contributed by atoms with Gasteiger partial charge in [-0.25, -0.2) is 13.8 Å². The summed E-state index contributed by atoms with van der Waals surface area (Å²) in [6, 6.07) is 17.7. The molecule has 0 unspecified atom stereocenters. The molecule has 10 heteroatoms. The van der Waals surface area contributed by atoms with Crippen molar-refractivity contribution in [2.24, 2.45) is 10.1 Å². The van der Waals surface area contributed by atoms with Crippen LogP contribution in [0.1, 0.15) is 35.6 Å². The minimum absolute atomic E-state index is 0.129. The summed E-state index contributed by atoms with van der Waals surface area (Å²) in [4.78, 5) is 29.6. The van der Waals surface area contributed by atoms with Crippen LogP contribution in [0.4, 0.5) is 14.5 Å². The van der Waals surface area contributed by atoms with Gasteiger partial charge in [0.15, 0.2) is 5.17 Å². The first kappa shape index (κ1) is 25.6. The minimum Gasteiger partial charge on any atom is -0.497 e. The van der Waals surface area contributed by atoms with E-state index in [0.29, 0.717) is 22.8 Å². The first-order valence-electron chi connectivity index (χ1n) is 11.9. The molecule has 2 amide bonds. The highest BCUT2D eigenvalue weighted by molar-refractivity contribution is 8.15. The summed E-state index contributed by atoms with van der Waals surface area (Å²) in [7, 11) is 1.59. The maximum absolute atomic E-state index is 13.8. The number of hydrazone groups is 1. The van der Waals surface area contributed by atoms with E-state index >= 15 is 0 Å². The highest BCUT2D eigenvalue weighted by Crippen LogP contribution is 2.38. The van der Waals surface area contributed by atoms with E-state index < -0.39 is 22.9 Å². The predicted molar refractivity (Wildman–Crippen MR) is 143 cm³/mol. The number of aliphatic imine (C=N–C) groups is 1. The van der Waals surface area contributed by atoms with Crippen molar-refractivity contribution in [1.82, 2.24) is 5.01 Å². The van der Waals surface area contributed by atoms with E-state index in [0.717, 1.165) is 34.3 Å². The van der Waals surface area contributed by atoms with Crippen molar-refractivity contribution in [3.05, 3.63) is 95.1 Å². The van der Waals surface area contributed by atoms with Gasteiger partial charge in [-0.05, 0) is 72.1 Å². The van der Waals surface area contributed by atoms with Crippen LogP contribution in [0.15, 0.2) is 76.8 Å². The zero-order chi connectivity index (χ0) is 26.8. The fraction of sp³-hybridized carbons (Fsp3) is 0.214. The number of thioether (sulfide) groups is 1. The van der Waals surface area contributed by atoms with Crippen LogP contribution < -0.4 is 10.1 Å². The molecule has 5 rings (SSSR count). The molecule has 3 aromatic rings. The molecule has 2 aliphatic rings. The number of carbonyl (C=O) groups excluding carboxylic acids is 2. The Labute approximate surface area is 222 Å². The van der Waals surface area contributed by atoms with Crippen molar-refractivity contribution < 1.29 is 23.1 Å². The number of amides is 2. The van der Waals surface area contributed by atoms with Crippen molar-refractivity contribution in [2.75, 3.05) is 12.4 Å². The molecule has 0 aliphatic carbocycles. The smallest absolute Gasteiger partial charge is 0.262 e. The Morgan fingerprint density at radius 2 is 1.84 bits per heavy atom. The molecule has 0 saturated carbocycles. The highest BCUT2D eigenvalue weighted by Gasteiger charge is 2.39. The quantitative estimate of drug-likeness (QED) is 0.454. The van der Waals surface area contributed by atoms with Gasteiger partial charge in [0.25, 0.3) is 5.91 Å². The summed E-state index contributed by atoms with van der Waals surface area (Å²) in [5, 5.41) is 8.71. The van der Waals surface area contributed by atoms with E-state index in [4.69, 9.17) is 9.84 Å². The van der Waals surface area contributed by atoms with Crippen molar-refractivity contribution in [3.63, 3.8) is 0 Å². The Morgan fingerprint density at radius 3 is 2.53 bits per heavy atom. The van der Waals surface area contributed by atoms with Gasteiger partial charge in [0.2, 0.25) is 5.91 Å². The monoisotopic (exact) mass is 534 g/mol. The summed E-state index contributed by atoms with van der Waals surface area (Å²) in [6.45, 7) is 1.63. The Balaban J connectivity index is 1.34.